The van der Waals surface area contributed by atoms with Crippen molar-refractivity contribution >= 4 is 11.8 Å². The molecule has 2 rings (SSSR count). The van der Waals surface area contributed by atoms with Crippen LogP contribution in [0.25, 0.3) is 0 Å². The fourth-order valence-corrected chi connectivity index (χ4v) is 1.52. The third-order valence-electron chi connectivity index (χ3n) is 2.58. The molecule has 0 fully saturated rings. The van der Waals surface area contributed by atoms with Gasteiger partial charge in [-0.1, -0.05) is 0 Å². The van der Waals surface area contributed by atoms with Gasteiger partial charge in [-0.25, -0.2) is 22.8 Å². The molecule has 6 nitrogen and oxygen atoms in total. The maximum absolute atomic E-state index is 13.3. The summed E-state index contributed by atoms with van der Waals surface area (Å²) in [5.74, 6) is -14.9. The number of esters is 1. The Kier molecular flexibility index (Phi) is 4.29. The molecule has 0 aliphatic carbocycles. The second kappa shape index (κ2) is 6.02. The van der Waals surface area contributed by atoms with Crippen LogP contribution in [0.15, 0.2) is 17.1 Å². The van der Waals surface area contributed by atoms with Crippen LogP contribution in [-0.4, -0.2) is 15.5 Å². The smallest absolute Gasteiger partial charge is 0.350 e. The predicted octanol–water partition coefficient (Wildman–Crippen LogP) is 1.13. The van der Waals surface area contributed by atoms with Gasteiger partial charge in [0.25, 0.3) is 0 Å². The van der Waals surface area contributed by atoms with Crippen molar-refractivity contribution in [2.75, 3.05) is 5.73 Å². The van der Waals surface area contributed by atoms with Gasteiger partial charge in [0.2, 0.25) is 34.8 Å². The number of rotatable bonds is 3. The van der Waals surface area contributed by atoms with E-state index in [4.69, 9.17) is 5.73 Å². The lowest BCUT2D eigenvalue weighted by molar-refractivity contribution is -0.135. The minimum Gasteiger partial charge on any atom is -0.419 e. The quantitative estimate of drug-likeness (QED) is 0.299. The van der Waals surface area contributed by atoms with E-state index in [0.29, 0.717) is 4.57 Å². The first kappa shape index (κ1) is 16.4. The summed E-state index contributed by atoms with van der Waals surface area (Å²) in [7, 11) is 0. The van der Waals surface area contributed by atoms with Crippen molar-refractivity contribution in [2.45, 2.75) is 6.54 Å². The Morgan fingerprint density at radius 3 is 2.13 bits per heavy atom. The van der Waals surface area contributed by atoms with Crippen molar-refractivity contribution in [1.29, 1.82) is 0 Å². The van der Waals surface area contributed by atoms with Crippen LogP contribution in [0.5, 0.6) is 5.75 Å². The van der Waals surface area contributed by atoms with Gasteiger partial charge in [-0.3, -0.25) is 4.57 Å². The van der Waals surface area contributed by atoms with Gasteiger partial charge in [-0.2, -0.15) is 13.8 Å². The molecule has 0 unspecified atom stereocenters. The van der Waals surface area contributed by atoms with Gasteiger partial charge < -0.3 is 10.5 Å². The number of ether oxygens (including phenoxy) is 1. The predicted molar refractivity (Wildman–Crippen MR) is 64.8 cm³/mol. The number of carbonyl (C=O) groups excluding carboxylic acids is 1. The lowest BCUT2D eigenvalue weighted by Gasteiger charge is -2.09. The van der Waals surface area contributed by atoms with Gasteiger partial charge >= 0.3 is 11.7 Å². The van der Waals surface area contributed by atoms with Gasteiger partial charge in [0.15, 0.2) is 0 Å². The highest BCUT2D eigenvalue weighted by molar-refractivity contribution is 5.72. The topological polar surface area (TPSA) is 87.2 Å². The largest absolute Gasteiger partial charge is 0.419 e. The first-order chi connectivity index (χ1) is 10.7. The van der Waals surface area contributed by atoms with Crippen molar-refractivity contribution in [3.8, 4) is 5.75 Å². The Balaban J connectivity index is 2.29. The molecule has 0 amide bonds. The van der Waals surface area contributed by atoms with Crippen LogP contribution in [0.3, 0.4) is 0 Å². The number of carbonyl (C=O) groups is 1. The molecule has 11 heteroatoms. The minimum atomic E-state index is -2.39. The van der Waals surface area contributed by atoms with Crippen molar-refractivity contribution in [3.63, 3.8) is 0 Å². The van der Waals surface area contributed by atoms with Gasteiger partial charge in [0.1, 0.15) is 12.4 Å². The van der Waals surface area contributed by atoms with Crippen molar-refractivity contribution in [2.24, 2.45) is 0 Å². The highest BCUT2D eigenvalue weighted by Crippen LogP contribution is 2.29. The second-order valence-electron chi connectivity index (χ2n) is 4.14. The van der Waals surface area contributed by atoms with Crippen molar-refractivity contribution in [1.82, 2.24) is 9.55 Å². The highest BCUT2D eigenvalue weighted by Gasteiger charge is 2.28. The molecule has 0 bridgehead atoms. The lowest BCUT2D eigenvalue weighted by Crippen LogP contribution is -2.28. The first-order valence-electron chi connectivity index (χ1n) is 5.77. The summed E-state index contributed by atoms with van der Waals surface area (Å²) in [5, 5.41) is 0. The molecule has 1 heterocycles. The maximum Gasteiger partial charge on any atom is 0.350 e. The standard InChI is InChI=1S/C12H6F5N3O3/c13-6-7(14)9(16)11(10(17)8(6)15)23-5(21)3-20-2-1-4(18)19-12(20)22/h1-2H,3H2,(H2,18,19,22). The zero-order chi connectivity index (χ0) is 17.3. The normalized spacial score (nSPS) is 10.7. The number of hydrogen-bond donors (Lipinski definition) is 1. The number of anilines is 1. The zero-order valence-electron chi connectivity index (χ0n) is 10.9. The van der Waals surface area contributed by atoms with E-state index >= 15 is 0 Å². The Morgan fingerprint density at radius 2 is 1.61 bits per heavy atom. The number of aromatic nitrogens is 2. The van der Waals surface area contributed by atoms with Gasteiger partial charge in [0, 0.05) is 6.20 Å². The highest BCUT2D eigenvalue weighted by atomic mass is 19.2. The molecule has 2 N–H and O–H groups in total. The Hall–Kier alpha value is -2.98. The maximum atomic E-state index is 13.3. The summed E-state index contributed by atoms with van der Waals surface area (Å²) >= 11 is 0. The van der Waals surface area contributed by atoms with E-state index in [1.54, 1.807) is 0 Å². The molecule has 1 aromatic carbocycles. The Labute approximate surface area is 123 Å². The number of nitrogen functional groups attached to an aromatic ring is 1. The van der Waals surface area contributed by atoms with Crippen LogP contribution in [0.4, 0.5) is 27.8 Å². The molecule has 0 spiro atoms. The van der Waals surface area contributed by atoms with E-state index in [2.05, 4.69) is 9.72 Å². The van der Waals surface area contributed by atoms with Crippen molar-refractivity contribution in [3.05, 3.63) is 51.8 Å². The van der Waals surface area contributed by atoms with E-state index < -0.39 is 53.0 Å². The fraction of sp³-hybridized carbons (Fsp3) is 0.0833. The third-order valence-corrected chi connectivity index (χ3v) is 2.58. The molecular weight excluding hydrogens is 329 g/mol. The van der Waals surface area contributed by atoms with E-state index in [1.165, 1.54) is 0 Å². The van der Waals surface area contributed by atoms with E-state index in [-0.39, 0.29) is 5.82 Å². The second-order valence-corrected chi connectivity index (χ2v) is 4.14. The van der Waals surface area contributed by atoms with Crippen molar-refractivity contribution < 1.29 is 31.5 Å². The minimum absolute atomic E-state index is 0.139. The van der Waals surface area contributed by atoms with Crippen LogP contribution >= 0.6 is 0 Å². The molecule has 1 aromatic heterocycles. The summed E-state index contributed by atoms with van der Waals surface area (Å²) in [4.78, 5) is 26.1. The van der Waals surface area contributed by atoms with Crippen LogP contribution in [0.2, 0.25) is 0 Å². The SMILES string of the molecule is Nc1ccn(CC(=O)Oc2c(F)c(F)c(F)c(F)c2F)c(=O)n1. The summed E-state index contributed by atoms with van der Waals surface area (Å²) in [6.07, 6.45) is 1.03. The molecule has 0 aliphatic heterocycles. The molecule has 23 heavy (non-hydrogen) atoms. The Bertz CT molecular complexity index is 824. The monoisotopic (exact) mass is 335 g/mol. The van der Waals surface area contributed by atoms with Crippen LogP contribution < -0.4 is 16.2 Å². The third kappa shape index (κ3) is 3.12. The molecule has 122 valence electrons. The van der Waals surface area contributed by atoms with Gasteiger partial charge in [-0.05, 0) is 6.07 Å². The number of halogens is 5. The molecule has 0 saturated carbocycles. The van der Waals surface area contributed by atoms with Gasteiger partial charge in [0.05, 0.1) is 0 Å². The average molecular weight is 335 g/mol. The van der Waals surface area contributed by atoms with E-state index in [1.807, 2.05) is 0 Å². The lowest BCUT2D eigenvalue weighted by atomic mass is 10.2. The molecule has 2 aromatic rings. The summed E-state index contributed by atoms with van der Waals surface area (Å²) in [6, 6.07) is 1.15. The summed E-state index contributed by atoms with van der Waals surface area (Å²) < 4.78 is 70.2. The van der Waals surface area contributed by atoms with Crippen LogP contribution in [-0.2, 0) is 11.3 Å². The van der Waals surface area contributed by atoms with Gasteiger partial charge in [-0.15, -0.1) is 0 Å². The molecule has 0 radical (unpaired) electrons. The van der Waals surface area contributed by atoms with E-state index in [9.17, 15) is 31.5 Å². The number of nitrogens with zero attached hydrogens (tertiary/aromatic N) is 2. The molecule has 0 atom stereocenters. The number of benzene rings is 1. The van der Waals surface area contributed by atoms with Crippen LogP contribution in [0.1, 0.15) is 0 Å². The molecular formula is C12H6F5N3O3. The first-order valence-corrected chi connectivity index (χ1v) is 5.77. The van der Waals surface area contributed by atoms with Crippen LogP contribution in [0, 0.1) is 29.1 Å². The number of nitrogens with two attached hydrogens (primary N) is 1. The number of hydrogen-bond acceptors (Lipinski definition) is 5. The summed E-state index contributed by atoms with van der Waals surface area (Å²) in [5.41, 5.74) is 4.24. The molecule has 0 saturated heterocycles. The Morgan fingerprint density at radius 1 is 1.09 bits per heavy atom. The fourth-order valence-electron chi connectivity index (χ4n) is 1.52. The molecule has 0 aliphatic rings. The van der Waals surface area contributed by atoms with E-state index in [0.717, 1.165) is 12.3 Å². The summed E-state index contributed by atoms with van der Waals surface area (Å²) in [6.45, 7) is -0.883. The zero-order valence-corrected chi connectivity index (χ0v) is 10.9. The average Bonchev–Trinajstić information content (AvgIpc) is 2.50.